The predicted molar refractivity (Wildman–Crippen MR) is 183 cm³/mol. The summed E-state index contributed by atoms with van der Waals surface area (Å²) in [5.74, 6) is -3.26. The van der Waals surface area contributed by atoms with Crippen LogP contribution in [0.25, 0.3) is 12.7 Å². The molecule has 0 aliphatic heterocycles. The van der Waals surface area contributed by atoms with Gasteiger partial charge in [-0.15, -0.1) is 11.3 Å². The lowest BCUT2D eigenvalue weighted by molar-refractivity contribution is -0.137. The number of halogens is 5. The maximum atomic E-state index is 13.1. The number of benzene rings is 1. The Balaban J connectivity index is 0.000000349. The highest BCUT2D eigenvalue weighted by Crippen LogP contribution is 2.36. The fraction of sp³-hybridized carbons (Fsp3) is 0.500. The van der Waals surface area contributed by atoms with E-state index in [1.807, 2.05) is 27.0 Å². The van der Waals surface area contributed by atoms with Crippen molar-refractivity contribution in [1.82, 2.24) is 9.88 Å². The zero-order valence-corrected chi connectivity index (χ0v) is 29.1. The third-order valence-corrected chi connectivity index (χ3v) is 8.45. The van der Waals surface area contributed by atoms with Crippen molar-refractivity contribution < 1.29 is 22.0 Å². The van der Waals surface area contributed by atoms with E-state index in [4.69, 9.17) is 0 Å². The fourth-order valence-electron chi connectivity index (χ4n) is 5.04. The number of allylic oxidation sites excluding steroid dienone is 6. The summed E-state index contributed by atoms with van der Waals surface area (Å²) in [4.78, 5) is 11.1. The topological polar surface area (TPSA) is 28.5 Å². The summed E-state index contributed by atoms with van der Waals surface area (Å²) >= 11 is 1.62. The molecule has 1 unspecified atom stereocenters. The largest absolute Gasteiger partial charge is 0.416 e. The predicted octanol–water partition coefficient (Wildman–Crippen LogP) is 9.44. The number of aryl methyl sites for hydroxylation is 2. The third kappa shape index (κ3) is 12.8. The number of aliphatic imine (C=N–C) groups is 1. The van der Waals surface area contributed by atoms with Crippen LogP contribution in [0, 0.1) is 6.92 Å². The van der Waals surface area contributed by atoms with Crippen LogP contribution >= 0.6 is 11.3 Å². The van der Waals surface area contributed by atoms with Gasteiger partial charge >= 0.3 is 6.18 Å². The van der Waals surface area contributed by atoms with E-state index >= 15 is 0 Å². The van der Waals surface area contributed by atoms with Crippen molar-refractivity contribution in [2.45, 2.75) is 99.2 Å². The molecule has 1 atom stereocenters. The van der Waals surface area contributed by atoms with Crippen LogP contribution < -0.4 is 9.20 Å². The maximum absolute atomic E-state index is 13.1. The maximum Gasteiger partial charge on any atom is 0.416 e. The number of rotatable bonds is 9. The van der Waals surface area contributed by atoms with Crippen molar-refractivity contribution in [3.05, 3.63) is 85.2 Å². The Morgan fingerprint density at radius 1 is 1.04 bits per heavy atom. The number of hydrogen-bond donors (Lipinski definition) is 0. The third-order valence-electron chi connectivity index (χ3n) is 7.49. The van der Waals surface area contributed by atoms with Gasteiger partial charge in [-0.1, -0.05) is 65.8 Å². The molecular weight excluding hydrogens is 601 g/mol. The monoisotopic (exact) mass is 651 g/mol. The van der Waals surface area contributed by atoms with Gasteiger partial charge in [0.15, 0.2) is 0 Å². The molecule has 0 N–H and O–H groups in total. The van der Waals surface area contributed by atoms with E-state index in [9.17, 15) is 22.0 Å². The summed E-state index contributed by atoms with van der Waals surface area (Å²) in [7, 11) is 1.81. The van der Waals surface area contributed by atoms with E-state index in [1.54, 1.807) is 18.3 Å². The van der Waals surface area contributed by atoms with Gasteiger partial charge < -0.3 is 4.90 Å². The van der Waals surface area contributed by atoms with E-state index in [-0.39, 0.29) is 12.0 Å². The SMILES string of the molecule is C=c1nc(C)/c(=C/C2=CC(=C/C)/C(=NC)C=C2)s1.CCCC(CC)N(CC)CC.CCc1ccc(C(F)(F)F)cc1C(C)(F)F. The van der Waals surface area contributed by atoms with Crippen LogP contribution in [-0.4, -0.2) is 41.8 Å². The second-order valence-corrected chi connectivity index (χ2v) is 11.8. The first kappa shape index (κ1) is 40.1. The van der Waals surface area contributed by atoms with E-state index in [1.165, 1.54) is 42.5 Å². The van der Waals surface area contributed by atoms with E-state index < -0.39 is 23.2 Å². The lowest BCUT2D eigenvalue weighted by Crippen LogP contribution is -2.34. The Morgan fingerprint density at radius 2 is 1.69 bits per heavy atom. The quantitative estimate of drug-likeness (QED) is 0.253. The average Bonchev–Trinajstić information content (AvgIpc) is 3.32. The number of nitrogens with zero attached hydrogens (tertiary/aromatic N) is 3. The van der Waals surface area contributed by atoms with Gasteiger partial charge in [-0.2, -0.15) is 13.2 Å². The molecule has 0 radical (unpaired) electrons. The molecule has 1 aliphatic rings. The van der Waals surface area contributed by atoms with Crippen molar-refractivity contribution >= 4 is 29.7 Å². The summed E-state index contributed by atoms with van der Waals surface area (Å²) in [6, 6.07) is 3.29. The number of hydrogen-bond acceptors (Lipinski definition) is 4. The molecule has 1 aromatic carbocycles. The molecule has 0 bridgehead atoms. The van der Waals surface area contributed by atoms with Gasteiger partial charge in [-0.25, -0.2) is 13.8 Å². The molecule has 250 valence electrons. The van der Waals surface area contributed by atoms with Gasteiger partial charge in [0.05, 0.1) is 21.5 Å². The molecule has 1 aliphatic carbocycles. The second kappa shape index (κ2) is 18.9. The van der Waals surface area contributed by atoms with Crippen molar-refractivity contribution in [3.8, 4) is 0 Å². The summed E-state index contributed by atoms with van der Waals surface area (Å²) in [5, 5.41) is 0. The highest BCUT2D eigenvalue weighted by atomic mass is 32.1. The molecular formula is C36H50F5N3S. The average molecular weight is 652 g/mol. The molecule has 3 rings (SSSR count). The number of aromatic nitrogens is 1. The lowest BCUT2D eigenvalue weighted by Gasteiger charge is -2.28. The summed E-state index contributed by atoms with van der Waals surface area (Å²) in [6.45, 7) is 21.6. The Labute approximate surface area is 270 Å². The number of alkyl halides is 5. The highest BCUT2D eigenvalue weighted by Gasteiger charge is 2.34. The van der Waals surface area contributed by atoms with Crippen LogP contribution in [0.1, 0.15) is 90.1 Å². The first-order valence-electron chi connectivity index (χ1n) is 15.6. The molecule has 9 heteroatoms. The normalized spacial score (nSPS) is 16.3. The van der Waals surface area contributed by atoms with Crippen LogP contribution in [0.5, 0.6) is 0 Å². The molecule has 0 spiro atoms. The van der Waals surface area contributed by atoms with E-state index in [2.05, 4.69) is 73.5 Å². The molecule has 1 aromatic heterocycles. The molecule has 0 saturated carbocycles. The summed E-state index contributed by atoms with van der Waals surface area (Å²) in [5.41, 5.74) is 3.03. The number of thiazole rings is 1. The van der Waals surface area contributed by atoms with E-state index in [0.717, 1.165) is 39.8 Å². The minimum atomic E-state index is -4.59. The first-order chi connectivity index (χ1) is 21.1. The molecule has 1 heterocycles. The minimum absolute atomic E-state index is 0.237. The van der Waals surface area contributed by atoms with Gasteiger partial charge in [0.2, 0.25) is 0 Å². The van der Waals surface area contributed by atoms with Gasteiger partial charge in [-0.3, -0.25) is 4.99 Å². The Kier molecular flexibility index (Phi) is 16.9. The lowest BCUT2D eigenvalue weighted by atomic mass is 9.97. The zero-order chi connectivity index (χ0) is 34.4. The highest BCUT2D eigenvalue weighted by molar-refractivity contribution is 7.07. The minimum Gasteiger partial charge on any atom is -0.301 e. The molecule has 0 fully saturated rings. The first-order valence-corrected chi connectivity index (χ1v) is 16.4. The van der Waals surface area contributed by atoms with Crippen LogP contribution in [0.15, 0.2) is 58.6 Å². The smallest absolute Gasteiger partial charge is 0.301 e. The molecule has 0 amide bonds. The Morgan fingerprint density at radius 3 is 2.11 bits per heavy atom. The molecule has 3 nitrogen and oxygen atoms in total. The second-order valence-electron chi connectivity index (χ2n) is 10.7. The van der Waals surface area contributed by atoms with Crippen molar-refractivity contribution in [1.29, 1.82) is 0 Å². The van der Waals surface area contributed by atoms with Gasteiger partial charge in [0.25, 0.3) is 5.92 Å². The molecule has 0 saturated heterocycles. The van der Waals surface area contributed by atoms with Gasteiger partial charge in [0.1, 0.15) is 4.66 Å². The van der Waals surface area contributed by atoms with Crippen LogP contribution in [0.3, 0.4) is 0 Å². The van der Waals surface area contributed by atoms with Crippen molar-refractivity contribution in [3.63, 3.8) is 0 Å². The van der Waals surface area contributed by atoms with Crippen LogP contribution in [0.4, 0.5) is 22.0 Å². The molecule has 2 aromatic rings. The summed E-state index contributed by atoms with van der Waals surface area (Å²) in [6.07, 6.45) is 10.1. The fourth-order valence-corrected chi connectivity index (χ4v) is 5.86. The Bertz CT molecular complexity index is 1440. The van der Waals surface area contributed by atoms with Crippen molar-refractivity contribution in [2.24, 2.45) is 4.99 Å². The van der Waals surface area contributed by atoms with Crippen LogP contribution in [-0.2, 0) is 18.5 Å². The summed E-state index contributed by atoms with van der Waals surface area (Å²) < 4.78 is 65.3. The standard InChI is InChI=1S/C15H16N2S.C11H11F5.C10H23N/c1-5-13-8-12(6-7-14(13)16-4)9-15-10(2)17-11(3)18-15;1-3-7-4-5-8(11(14,15)16)6-9(7)10(2,12)13;1-5-9-10(6-2)11(7-3)8-4/h5-9H,3H2,1-2,4H3;4-6H,3H2,1-2H3;10H,5-9H2,1-4H3/b13-5-,15-9-,16-14?;;. The van der Waals surface area contributed by atoms with Crippen molar-refractivity contribution in [2.75, 3.05) is 20.1 Å². The Hall–Kier alpha value is -2.91. The van der Waals surface area contributed by atoms with Gasteiger partial charge in [-0.05, 0) is 93.3 Å². The van der Waals surface area contributed by atoms with Gasteiger partial charge in [0, 0.05) is 25.6 Å². The van der Waals surface area contributed by atoms with E-state index in [0.29, 0.717) is 13.0 Å². The molecule has 45 heavy (non-hydrogen) atoms. The van der Waals surface area contributed by atoms with Crippen LogP contribution in [0.2, 0.25) is 0 Å². The zero-order valence-electron chi connectivity index (χ0n) is 28.3.